The number of hydrogen-bond donors (Lipinski definition) is 1. The van der Waals surface area contributed by atoms with Gasteiger partial charge < -0.3 is 19.5 Å². The number of ether oxygens (including phenoxy) is 3. The van der Waals surface area contributed by atoms with Crippen LogP contribution in [0.4, 0.5) is 0 Å². The van der Waals surface area contributed by atoms with Crippen molar-refractivity contribution in [3.05, 3.63) is 12.2 Å². The highest BCUT2D eigenvalue weighted by Crippen LogP contribution is 2.50. The van der Waals surface area contributed by atoms with Gasteiger partial charge in [-0.2, -0.15) is 0 Å². The second-order valence-electron chi connectivity index (χ2n) is 8.06. The van der Waals surface area contributed by atoms with Crippen LogP contribution in [0.2, 0.25) is 0 Å². The van der Waals surface area contributed by atoms with Gasteiger partial charge >= 0.3 is 0 Å². The molecule has 5 nitrogen and oxygen atoms in total. The molecule has 162 valence electrons. The number of rotatable bonds is 12. The third kappa shape index (κ3) is 7.90. The number of methoxy groups -OCH3 is 1. The summed E-state index contributed by atoms with van der Waals surface area (Å²) in [5, 5.41) is 2.99. The molecule has 1 heterocycles. The Balaban J connectivity index is 1.52. The molecular formula is C21H37NO4S2. The Hall–Kier alpha value is -0.210. The lowest BCUT2D eigenvalue weighted by Crippen LogP contribution is -2.31. The zero-order chi connectivity index (χ0) is 20.4. The van der Waals surface area contributed by atoms with Crippen molar-refractivity contribution in [1.82, 2.24) is 5.32 Å². The van der Waals surface area contributed by atoms with Crippen molar-refractivity contribution in [2.75, 3.05) is 39.2 Å². The Bertz CT molecular complexity index is 505. The molecule has 1 saturated heterocycles. The molecular weight excluding hydrogens is 394 g/mol. The SMILES string of the molecule is C=C1CC(C)CC(CC)(SSCCC(=O)NCCCOC2COC[C@H]2OC)C1. The van der Waals surface area contributed by atoms with E-state index in [-0.39, 0.29) is 18.1 Å². The smallest absolute Gasteiger partial charge is 0.220 e. The van der Waals surface area contributed by atoms with E-state index in [1.54, 1.807) is 7.11 Å². The lowest BCUT2D eigenvalue weighted by molar-refractivity contribution is -0.120. The number of amides is 1. The van der Waals surface area contributed by atoms with Crippen LogP contribution in [0.5, 0.6) is 0 Å². The molecule has 0 bridgehead atoms. The third-order valence-electron chi connectivity index (χ3n) is 5.48. The summed E-state index contributed by atoms with van der Waals surface area (Å²) in [4.78, 5) is 12.0. The Kier molecular flexibility index (Phi) is 10.7. The summed E-state index contributed by atoms with van der Waals surface area (Å²) in [7, 11) is 5.50. The van der Waals surface area contributed by atoms with Crippen LogP contribution >= 0.6 is 21.6 Å². The van der Waals surface area contributed by atoms with Gasteiger partial charge in [-0.3, -0.25) is 4.79 Å². The fourth-order valence-corrected chi connectivity index (χ4v) is 7.33. The van der Waals surface area contributed by atoms with Gasteiger partial charge in [-0.1, -0.05) is 47.6 Å². The predicted molar refractivity (Wildman–Crippen MR) is 119 cm³/mol. The number of carbonyl (C=O) groups excluding carboxylic acids is 1. The average molecular weight is 432 g/mol. The average Bonchev–Trinajstić information content (AvgIpc) is 3.12. The van der Waals surface area contributed by atoms with Crippen molar-refractivity contribution in [3.8, 4) is 0 Å². The normalized spacial score (nSPS) is 30.5. The standard InChI is InChI=1S/C21H37NO4S2/c1-5-21(12-16(2)11-17(3)13-21)28-27-10-7-20(23)22-8-6-9-26-19-15-25-14-18(19)24-4/h17-19H,2,5-15H2,1,3-4H3,(H,22,23)/t17?,18-,19?,21?/m1/s1. The second-order valence-corrected chi connectivity index (χ2v) is 10.9. The molecule has 1 saturated carbocycles. The van der Waals surface area contributed by atoms with E-state index in [0.29, 0.717) is 37.5 Å². The molecule has 7 heteroatoms. The highest BCUT2D eigenvalue weighted by molar-refractivity contribution is 8.77. The van der Waals surface area contributed by atoms with Crippen molar-refractivity contribution >= 4 is 27.5 Å². The van der Waals surface area contributed by atoms with E-state index in [1.165, 1.54) is 18.4 Å². The Morgan fingerprint density at radius 2 is 2.18 bits per heavy atom. The van der Waals surface area contributed by atoms with Gasteiger partial charge in [0.15, 0.2) is 0 Å². The summed E-state index contributed by atoms with van der Waals surface area (Å²) in [5.74, 6) is 1.69. The first kappa shape index (κ1) is 24.1. The molecule has 0 aromatic rings. The van der Waals surface area contributed by atoms with Gasteiger partial charge in [0.1, 0.15) is 12.2 Å². The number of hydrogen-bond acceptors (Lipinski definition) is 6. The highest BCUT2D eigenvalue weighted by Gasteiger charge is 2.35. The first-order valence-electron chi connectivity index (χ1n) is 10.4. The number of carbonyl (C=O) groups is 1. The van der Waals surface area contributed by atoms with Gasteiger partial charge in [0.25, 0.3) is 0 Å². The van der Waals surface area contributed by atoms with Crippen LogP contribution in [0, 0.1) is 5.92 Å². The minimum absolute atomic E-state index is 0.0126. The summed E-state index contributed by atoms with van der Waals surface area (Å²) >= 11 is 0. The minimum atomic E-state index is 0.0126. The lowest BCUT2D eigenvalue weighted by Gasteiger charge is -2.39. The highest BCUT2D eigenvalue weighted by atomic mass is 33.1. The van der Waals surface area contributed by atoms with Crippen LogP contribution in [-0.4, -0.2) is 62.1 Å². The summed E-state index contributed by atoms with van der Waals surface area (Å²) < 4.78 is 16.7. The van der Waals surface area contributed by atoms with Gasteiger partial charge in [-0.05, 0) is 38.0 Å². The van der Waals surface area contributed by atoms with Crippen molar-refractivity contribution < 1.29 is 19.0 Å². The Labute approximate surface area is 178 Å². The van der Waals surface area contributed by atoms with E-state index in [4.69, 9.17) is 14.2 Å². The summed E-state index contributed by atoms with van der Waals surface area (Å²) in [6.07, 6.45) is 6.11. The molecule has 2 aliphatic rings. The van der Waals surface area contributed by atoms with E-state index in [0.717, 1.165) is 30.9 Å². The molecule has 2 fully saturated rings. The monoisotopic (exact) mass is 431 g/mol. The molecule has 0 spiro atoms. The Morgan fingerprint density at radius 3 is 2.89 bits per heavy atom. The first-order valence-corrected chi connectivity index (χ1v) is 12.8. The first-order chi connectivity index (χ1) is 13.5. The molecule has 28 heavy (non-hydrogen) atoms. The fourth-order valence-electron chi connectivity index (χ4n) is 4.01. The van der Waals surface area contributed by atoms with Crippen molar-refractivity contribution in [3.63, 3.8) is 0 Å². The lowest BCUT2D eigenvalue weighted by atomic mass is 9.78. The molecule has 3 unspecified atom stereocenters. The molecule has 0 aromatic heterocycles. The summed E-state index contributed by atoms with van der Waals surface area (Å²) in [6, 6.07) is 0. The van der Waals surface area contributed by atoms with Crippen molar-refractivity contribution in [2.45, 2.75) is 69.3 Å². The molecule has 4 atom stereocenters. The van der Waals surface area contributed by atoms with E-state index >= 15 is 0 Å². The maximum absolute atomic E-state index is 12.0. The van der Waals surface area contributed by atoms with Gasteiger partial charge in [0, 0.05) is 37.2 Å². The van der Waals surface area contributed by atoms with Crippen LogP contribution in [-0.2, 0) is 19.0 Å². The molecule has 0 radical (unpaired) electrons. The summed E-state index contributed by atoms with van der Waals surface area (Å²) in [6.45, 7) is 11.3. The van der Waals surface area contributed by atoms with E-state index < -0.39 is 0 Å². The fraction of sp³-hybridized carbons (Fsp3) is 0.857. The topological polar surface area (TPSA) is 56.8 Å². The van der Waals surface area contributed by atoms with Crippen LogP contribution in [0.1, 0.15) is 52.4 Å². The second kappa shape index (κ2) is 12.5. The maximum Gasteiger partial charge on any atom is 0.220 e. The van der Waals surface area contributed by atoms with E-state index in [1.807, 2.05) is 21.6 Å². The van der Waals surface area contributed by atoms with Crippen LogP contribution in [0.3, 0.4) is 0 Å². The Morgan fingerprint density at radius 1 is 1.39 bits per heavy atom. The molecule has 1 aliphatic carbocycles. The molecule has 1 amide bonds. The quantitative estimate of drug-likeness (QED) is 0.284. The van der Waals surface area contributed by atoms with Crippen LogP contribution in [0.25, 0.3) is 0 Å². The molecule has 0 aromatic carbocycles. The predicted octanol–water partition coefficient (Wildman–Crippen LogP) is 4.22. The maximum atomic E-state index is 12.0. The zero-order valence-corrected chi connectivity index (χ0v) is 19.3. The van der Waals surface area contributed by atoms with Crippen LogP contribution < -0.4 is 5.32 Å². The minimum Gasteiger partial charge on any atom is -0.376 e. The van der Waals surface area contributed by atoms with Crippen molar-refractivity contribution in [2.24, 2.45) is 5.92 Å². The zero-order valence-electron chi connectivity index (χ0n) is 17.7. The van der Waals surface area contributed by atoms with Gasteiger partial charge in [0.2, 0.25) is 5.91 Å². The largest absolute Gasteiger partial charge is 0.376 e. The van der Waals surface area contributed by atoms with Gasteiger partial charge in [-0.15, -0.1) is 0 Å². The molecule has 2 rings (SSSR count). The van der Waals surface area contributed by atoms with Gasteiger partial charge in [-0.25, -0.2) is 0 Å². The van der Waals surface area contributed by atoms with E-state index in [9.17, 15) is 4.79 Å². The third-order valence-corrected chi connectivity index (χ3v) is 8.84. The van der Waals surface area contributed by atoms with E-state index in [2.05, 4.69) is 25.7 Å². The molecule has 1 N–H and O–H groups in total. The molecule has 1 aliphatic heterocycles. The van der Waals surface area contributed by atoms with Gasteiger partial charge in [0.05, 0.1) is 13.2 Å². The summed E-state index contributed by atoms with van der Waals surface area (Å²) in [5.41, 5.74) is 1.38. The van der Waals surface area contributed by atoms with Crippen LogP contribution in [0.15, 0.2) is 12.2 Å². The number of nitrogens with one attached hydrogen (secondary N) is 1. The van der Waals surface area contributed by atoms with Crippen molar-refractivity contribution in [1.29, 1.82) is 0 Å². The number of allylic oxidation sites excluding steroid dienone is 1.